The van der Waals surface area contributed by atoms with Gasteiger partial charge in [0.05, 0.1) is 6.10 Å². The first-order chi connectivity index (χ1) is 5.20. The molecule has 1 unspecified atom stereocenters. The summed E-state index contributed by atoms with van der Waals surface area (Å²) in [5, 5.41) is 0.340. The summed E-state index contributed by atoms with van der Waals surface area (Å²) in [5.74, 6) is 0. The van der Waals surface area contributed by atoms with Crippen molar-refractivity contribution in [2.75, 3.05) is 4.43 Å². The van der Waals surface area contributed by atoms with E-state index >= 15 is 0 Å². The maximum atomic E-state index is 6.08. The molecule has 0 bridgehead atoms. The average Bonchev–Trinajstić information content (AvgIpc) is 1.84. The lowest BCUT2D eigenvalue weighted by Gasteiger charge is -2.38. The van der Waals surface area contributed by atoms with Crippen molar-refractivity contribution in [3.63, 3.8) is 0 Å². The maximum absolute atomic E-state index is 6.08. The van der Waals surface area contributed by atoms with Crippen LogP contribution in [0.25, 0.3) is 0 Å². The summed E-state index contributed by atoms with van der Waals surface area (Å²) < 4.78 is 7.17. The van der Waals surface area contributed by atoms with Crippen molar-refractivity contribution in [2.24, 2.45) is 0 Å². The van der Waals surface area contributed by atoms with Gasteiger partial charge in [-0.15, -0.1) is 0 Å². The molecule has 0 aromatic rings. The molecule has 0 saturated heterocycles. The molecular weight excluding hydrogens is 279 g/mol. The summed E-state index contributed by atoms with van der Waals surface area (Å²) in [4.78, 5) is 0. The number of alkyl halides is 1. The molecule has 0 aromatic carbocycles. The summed E-state index contributed by atoms with van der Waals surface area (Å²) in [6.45, 7) is 13.6. The maximum Gasteiger partial charge on any atom is 0.192 e. The Labute approximate surface area is 91.5 Å². The zero-order valence-corrected chi connectivity index (χ0v) is 12.2. The van der Waals surface area contributed by atoms with Gasteiger partial charge in [0.2, 0.25) is 0 Å². The molecule has 1 nitrogen and oxygen atoms in total. The van der Waals surface area contributed by atoms with Gasteiger partial charge in [0, 0.05) is 4.43 Å². The Morgan fingerprint density at radius 1 is 1.33 bits per heavy atom. The predicted octanol–water partition coefficient (Wildman–Crippen LogP) is 3.83. The van der Waals surface area contributed by atoms with E-state index in [9.17, 15) is 0 Å². The zero-order valence-electron chi connectivity index (χ0n) is 9.07. The summed E-state index contributed by atoms with van der Waals surface area (Å²) in [6, 6.07) is 0. The highest BCUT2D eigenvalue weighted by molar-refractivity contribution is 14.1. The Balaban J connectivity index is 4.22. The minimum absolute atomic E-state index is 0.340. The highest BCUT2D eigenvalue weighted by Crippen LogP contribution is 2.37. The second-order valence-corrected chi connectivity index (χ2v) is 10.5. The van der Waals surface area contributed by atoms with Crippen LogP contribution in [0.1, 0.15) is 27.7 Å². The molecule has 0 rings (SSSR count). The summed E-state index contributed by atoms with van der Waals surface area (Å²) in [7, 11) is -1.49. The Hall–Kier alpha value is 0.907. The Morgan fingerprint density at radius 3 is 2.00 bits per heavy atom. The molecule has 0 aliphatic carbocycles. The minimum atomic E-state index is -1.49. The van der Waals surface area contributed by atoms with Crippen molar-refractivity contribution in [3.05, 3.63) is 0 Å². The second kappa shape index (κ2) is 4.42. The Bertz CT molecular complexity index is 140. The van der Waals surface area contributed by atoms with Gasteiger partial charge in [0.25, 0.3) is 0 Å². The quantitative estimate of drug-likeness (QED) is 0.437. The molecule has 0 saturated carbocycles. The predicted molar refractivity (Wildman–Crippen MR) is 66.6 cm³/mol. The third kappa shape index (κ3) is 3.74. The first-order valence-corrected chi connectivity index (χ1v) is 8.88. The molecule has 0 spiro atoms. The van der Waals surface area contributed by atoms with Gasteiger partial charge in [-0.05, 0) is 25.1 Å². The van der Waals surface area contributed by atoms with E-state index in [0.717, 1.165) is 4.43 Å². The number of hydrogen-bond acceptors (Lipinski definition) is 1. The van der Waals surface area contributed by atoms with Crippen LogP contribution < -0.4 is 0 Å². The normalized spacial score (nSPS) is 16.2. The summed E-state index contributed by atoms with van der Waals surface area (Å²) in [6.07, 6.45) is 0.409. The topological polar surface area (TPSA) is 9.23 Å². The van der Waals surface area contributed by atoms with Crippen molar-refractivity contribution < 1.29 is 4.43 Å². The van der Waals surface area contributed by atoms with Crippen LogP contribution in [-0.2, 0) is 4.43 Å². The van der Waals surface area contributed by atoms with Gasteiger partial charge < -0.3 is 4.43 Å². The SMILES string of the molecule is CC(CI)O[Si](C)(C)C(C)(C)C. The standard InChI is InChI=1S/C9H21IOSi/c1-8(7-10)11-12(5,6)9(2,3)4/h8H,7H2,1-6H3. The fourth-order valence-electron chi connectivity index (χ4n) is 0.711. The molecule has 0 amide bonds. The van der Waals surface area contributed by atoms with E-state index < -0.39 is 8.32 Å². The number of halogens is 1. The molecule has 12 heavy (non-hydrogen) atoms. The highest BCUT2D eigenvalue weighted by atomic mass is 127. The van der Waals surface area contributed by atoms with Crippen LogP contribution in [0.2, 0.25) is 18.1 Å². The average molecular weight is 300 g/mol. The highest BCUT2D eigenvalue weighted by Gasteiger charge is 2.38. The van der Waals surface area contributed by atoms with Gasteiger partial charge >= 0.3 is 0 Å². The van der Waals surface area contributed by atoms with Gasteiger partial charge in [-0.2, -0.15) is 0 Å². The van der Waals surface area contributed by atoms with Gasteiger partial charge in [0.15, 0.2) is 8.32 Å². The van der Waals surface area contributed by atoms with Crippen molar-refractivity contribution in [1.82, 2.24) is 0 Å². The first-order valence-electron chi connectivity index (χ1n) is 4.44. The zero-order chi connectivity index (χ0) is 9.99. The first kappa shape index (κ1) is 12.9. The number of hydrogen-bond donors (Lipinski definition) is 0. The lowest BCUT2D eigenvalue weighted by atomic mass is 10.2. The smallest absolute Gasteiger partial charge is 0.192 e. The lowest BCUT2D eigenvalue weighted by Crippen LogP contribution is -2.43. The van der Waals surface area contributed by atoms with E-state index in [1.807, 2.05) is 0 Å². The van der Waals surface area contributed by atoms with E-state index in [1.165, 1.54) is 0 Å². The van der Waals surface area contributed by atoms with Crippen molar-refractivity contribution in [2.45, 2.75) is 51.9 Å². The third-order valence-corrected chi connectivity index (χ3v) is 8.36. The molecule has 74 valence electrons. The van der Waals surface area contributed by atoms with Gasteiger partial charge in [-0.25, -0.2) is 0 Å². The van der Waals surface area contributed by atoms with E-state index in [2.05, 4.69) is 63.4 Å². The monoisotopic (exact) mass is 300 g/mol. The molecular formula is C9H21IOSi. The van der Waals surface area contributed by atoms with Crippen LogP contribution in [0.3, 0.4) is 0 Å². The van der Waals surface area contributed by atoms with Crippen molar-refractivity contribution in [3.8, 4) is 0 Å². The summed E-state index contributed by atoms with van der Waals surface area (Å²) in [5.41, 5.74) is 0. The third-order valence-electron chi connectivity index (χ3n) is 2.52. The van der Waals surface area contributed by atoms with E-state index in [1.54, 1.807) is 0 Å². The largest absolute Gasteiger partial charge is 0.413 e. The van der Waals surface area contributed by atoms with Gasteiger partial charge in [0.1, 0.15) is 0 Å². The lowest BCUT2D eigenvalue weighted by molar-refractivity contribution is 0.225. The van der Waals surface area contributed by atoms with Crippen molar-refractivity contribution in [1.29, 1.82) is 0 Å². The fourth-order valence-corrected chi connectivity index (χ4v) is 2.67. The fraction of sp³-hybridized carbons (Fsp3) is 1.00. The van der Waals surface area contributed by atoms with Crippen LogP contribution in [-0.4, -0.2) is 18.8 Å². The van der Waals surface area contributed by atoms with Gasteiger partial charge in [-0.1, -0.05) is 43.4 Å². The number of rotatable bonds is 3. The molecule has 0 aliphatic heterocycles. The Morgan fingerprint density at radius 2 is 1.75 bits per heavy atom. The minimum Gasteiger partial charge on any atom is -0.413 e. The van der Waals surface area contributed by atoms with Crippen LogP contribution in [0, 0.1) is 0 Å². The second-order valence-electron chi connectivity index (χ2n) is 4.84. The summed E-state index contributed by atoms with van der Waals surface area (Å²) >= 11 is 2.38. The van der Waals surface area contributed by atoms with Crippen LogP contribution >= 0.6 is 22.6 Å². The molecule has 0 N–H and O–H groups in total. The van der Waals surface area contributed by atoms with Crippen LogP contribution in [0.15, 0.2) is 0 Å². The molecule has 0 radical (unpaired) electrons. The Kier molecular flexibility index (Phi) is 4.75. The molecule has 0 aromatic heterocycles. The van der Waals surface area contributed by atoms with E-state index in [-0.39, 0.29) is 0 Å². The van der Waals surface area contributed by atoms with Crippen LogP contribution in [0.4, 0.5) is 0 Å². The van der Waals surface area contributed by atoms with E-state index in [0.29, 0.717) is 11.1 Å². The molecule has 0 heterocycles. The van der Waals surface area contributed by atoms with Crippen LogP contribution in [0.5, 0.6) is 0 Å². The molecule has 0 aliphatic rings. The molecule has 0 fully saturated rings. The molecule has 3 heteroatoms. The van der Waals surface area contributed by atoms with Crippen molar-refractivity contribution >= 4 is 30.9 Å². The van der Waals surface area contributed by atoms with Gasteiger partial charge in [-0.3, -0.25) is 0 Å². The molecule has 1 atom stereocenters. The van der Waals surface area contributed by atoms with E-state index in [4.69, 9.17) is 4.43 Å².